The van der Waals surface area contributed by atoms with Crippen molar-refractivity contribution in [1.82, 2.24) is 4.31 Å². The molecule has 0 radical (unpaired) electrons. The van der Waals surface area contributed by atoms with Crippen LogP contribution in [0, 0.1) is 11.3 Å². The zero-order chi connectivity index (χ0) is 18.5. The highest BCUT2D eigenvalue weighted by Gasteiger charge is 2.33. The molecule has 1 aliphatic heterocycles. The molecule has 25 heavy (non-hydrogen) atoms. The van der Waals surface area contributed by atoms with Crippen LogP contribution >= 0.6 is 0 Å². The smallest absolute Gasteiger partial charge is 0.207 e. The molecule has 0 N–H and O–H groups in total. The number of hydrogen-bond donors (Lipinski definition) is 0. The first-order valence-corrected chi connectivity index (χ1v) is 11.3. The molecule has 0 aliphatic carbocycles. The second kappa shape index (κ2) is 8.68. The summed E-state index contributed by atoms with van der Waals surface area (Å²) in [4.78, 5) is 0.444. The third-order valence-corrected chi connectivity index (χ3v) is 7.47. The van der Waals surface area contributed by atoms with E-state index < -0.39 is 10.0 Å². The summed E-state index contributed by atoms with van der Waals surface area (Å²) in [5, 5.41) is 0. The van der Waals surface area contributed by atoms with Gasteiger partial charge in [-0.1, -0.05) is 59.1 Å². The first-order chi connectivity index (χ1) is 11.7. The molecule has 3 nitrogen and oxygen atoms in total. The van der Waals surface area contributed by atoms with Gasteiger partial charge in [-0.25, -0.2) is 8.42 Å². The van der Waals surface area contributed by atoms with Gasteiger partial charge >= 0.3 is 0 Å². The molecule has 0 spiro atoms. The van der Waals surface area contributed by atoms with E-state index in [1.165, 1.54) is 31.2 Å². The van der Waals surface area contributed by atoms with Crippen LogP contribution in [-0.4, -0.2) is 25.8 Å². The lowest BCUT2D eigenvalue weighted by molar-refractivity contribution is 0.154. The molecular weight excluding hydrogens is 330 g/mol. The molecule has 1 aromatic carbocycles. The molecule has 0 unspecified atom stereocenters. The standard InChI is InChI=1S/C21H35NO2S/c1-5-6-7-8-9-18-10-12-20(13-11-18)25(23,24)22-16-14-19(15-17-22)21(2,3)4/h10-13,19H,5-9,14-17H2,1-4H3. The molecule has 0 amide bonds. The van der Waals surface area contributed by atoms with Crippen molar-refractivity contribution in [2.75, 3.05) is 13.1 Å². The number of nitrogens with zero attached hydrogens (tertiary/aromatic N) is 1. The van der Waals surface area contributed by atoms with Crippen LogP contribution in [0.5, 0.6) is 0 Å². The summed E-state index contributed by atoms with van der Waals surface area (Å²) in [7, 11) is -3.34. The van der Waals surface area contributed by atoms with Crippen LogP contribution in [0.4, 0.5) is 0 Å². The van der Waals surface area contributed by atoms with Crippen molar-refractivity contribution in [3.8, 4) is 0 Å². The fourth-order valence-electron chi connectivity index (χ4n) is 3.70. The third kappa shape index (κ3) is 5.55. The van der Waals surface area contributed by atoms with Crippen molar-refractivity contribution in [3.05, 3.63) is 29.8 Å². The van der Waals surface area contributed by atoms with Crippen molar-refractivity contribution in [3.63, 3.8) is 0 Å². The summed E-state index contributed by atoms with van der Waals surface area (Å²) in [5.74, 6) is 0.601. The fourth-order valence-corrected chi connectivity index (χ4v) is 5.16. The van der Waals surface area contributed by atoms with Crippen LogP contribution in [0.3, 0.4) is 0 Å². The van der Waals surface area contributed by atoms with Crippen LogP contribution in [0.25, 0.3) is 0 Å². The van der Waals surface area contributed by atoms with Crippen molar-refractivity contribution < 1.29 is 8.42 Å². The van der Waals surface area contributed by atoms with Crippen LogP contribution in [0.1, 0.15) is 71.8 Å². The Bertz CT molecular complexity index is 621. The van der Waals surface area contributed by atoms with E-state index in [9.17, 15) is 8.42 Å². The predicted octanol–water partition coefficient (Wildman–Crippen LogP) is 5.26. The molecule has 1 heterocycles. The molecule has 0 bridgehead atoms. The van der Waals surface area contributed by atoms with E-state index in [0.29, 0.717) is 23.9 Å². The lowest BCUT2D eigenvalue weighted by atomic mass is 9.76. The summed E-state index contributed by atoms with van der Waals surface area (Å²) < 4.78 is 27.4. The molecule has 0 aromatic heterocycles. The quantitative estimate of drug-likeness (QED) is 0.618. The van der Waals surface area contributed by atoms with Gasteiger partial charge < -0.3 is 0 Å². The first-order valence-electron chi connectivity index (χ1n) is 9.84. The first kappa shape index (κ1) is 20.4. The number of hydrogen-bond acceptors (Lipinski definition) is 2. The van der Waals surface area contributed by atoms with Gasteiger partial charge in [-0.3, -0.25) is 0 Å². The monoisotopic (exact) mass is 365 g/mol. The highest BCUT2D eigenvalue weighted by atomic mass is 32.2. The fraction of sp³-hybridized carbons (Fsp3) is 0.714. The molecule has 0 atom stereocenters. The van der Waals surface area contributed by atoms with Crippen LogP contribution in [0.15, 0.2) is 29.2 Å². The lowest BCUT2D eigenvalue weighted by Crippen LogP contribution is -2.41. The number of rotatable bonds is 7. The summed E-state index contributed by atoms with van der Waals surface area (Å²) in [6.07, 6.45) is 7.90. The zero-order valence-electron chi connectivity index (χ0n) is 16.4. The Morgan fingerprint density at radius 2 is 1.60 bits per heavy atom. The molecular formula is C21H35NO2S. The molecule has 2 rings (SSSR count). The summed E-state index contributed by atoms with van der Waals surface area (Å²) in [6, 6.07) is 7.56. The van der Waals surface area contributed by atoms with Gasteiger partial charge in [-0.15, -0.1) is 0 Å². The van der Waals surface area contributed by atoms with Crippen LogP contribution in [0.2, 0.25) is 0 Å². The number of sulfonamides is 1. The van der Waals surface area contributed by atoms with Gasteiger partial charge in [0.2, 0.25) is 10.0 Å². The Kier molecular flexibility index (Phi) is 7.10. The van der Waals surface area contributed by atoms with Gasteiger partial charge in [0.1, 0.15) is 0 Å². The van der Waals surface area contributed by atoms with Gasteiger partial charge in [0.05, 0.1) is 4.90 Å². The van der Waals surface area contributed by atoms with Crippen LogP contribution < -0.4 is 0 Å². The van der Waals surface area contributed by atoms with Crippen LogP contribution in [-0.2, 0) is 16.4 Å². The molecule has 0 saturated carbocycles. The predicted molar refractivity (Wildman–Crippen MR) is 105 cm³/mol. The average Bonchev–Trinajstić information content (AvgIpc) is 2.58. The highest BCUT2D eigenvalue weighted by Crippen LogP contribution is 2.35. The second-order valence-corrected chi connectivity index (χ2v) is 10.4. The van der Waals surface area contributed by atoms with Gasteiger partial charge in [-0.05, 0) is 54.7 Å². The van der Waals surface area contributed by atoms with E-state index in [1.807, 2.05) is 12.1 Å². The van der Waals surface area contributed by atoms with Gasteiger partial charge in [-0.2, -0.15) is 4.31 Å². The van der Waals surface area contributed by atoms with Gasteiger partial charge in [0.15, 0.2) is 0 Å². The van der Waals surface area contributed by atoms with E-state index >= 15 is 0 Å². The zero-order valence-corrected chi connectivity index (χ0v) is 17.2. The van der Waals surface area contributed by atoms with E-state index in [0.717, 1.165) is 19.3 Å². The minimum Gasteiger partial charge on any atom is -0.207 e. The molecule has 142 valence electrons. The van der Waals surface area contributed by atoms with E-state index in [4.69, 9.17) is 0 Å². The SMILES string of the molecule is CCCCCCc1ccc(S(=O)(=O)N2CCC(C(C)(C)C)CC2)cc1. The second-order valence-electron chi connectivity index (χ2n) is 8.50. The number of benzene rings is 1. The maximum absolute atomic E-state index is 12.9. The van der Waals surface area contributed by atoms with Gasteiger partial charge in [0, 0.05) is 13.1 Å². The van der Waals surface area contributed by atoms with Crippen molar-refractivity contribution >= 4 is 10.0 Å². The van der Waals surface area contributed by atoms with Crippen molar-refractivity contribution in [2.45, 2.75) is 77.5 Å². The largest absolute Gasteiger partial charge is 0.243 e. The Hall–Kier alpha value is -0.870. The lowest BCUT2D eigenvalue weighted by Gasteiger charge is -2.38. The molecule has 4 heteroatoms. The Morgan fingerprint density at radius 3 is 2.12 bits per heavy atom. The maximum Gasteiger partial charge on any atom is 0.243 e. The maximum atomic E-state index is 12.9. The minimum atomic E-state index is -3.34. The number of unbranched alkanes of at least 4 members (excludes halogenated alkanes) is 3. The number of piperidine rings is 1. The summed E-state index contributed by atoms with van der Waals surface area (Å²) >= 11 is 0. The highest BCUT2D eigenvalue weighted by molar-refractivity contribution is 7.89. The van der Waals surface area contributed by atoms with E-state index in [1.54, 1.807) is 16.4 Å². The number of aryl methyl sites for hydroxylation is 1. The summed E-state index contributed by atoms with van der Waals surface area (Å²) in [6.45, 7) is 10.2. The Balaban J connectivity index is 1.96. The minimum absolute atomic E-state index is 0.259. The van der Waals surface area contributed by atoms with E-state index in [2.05, 4.69) is 27.7 Å². The Morgan fingerprint density at radius 1 is 1.00 bits per heavy atom. The molecule has 1 fully saturated rings. The van der Waals surface area contributed by atoms with Crippen molar-refractivity contribution in [2.24, 2.45) is 11.3 Å². The summed E-state index contributed by atoms with van der Waals surface area (Å²) in [5.41, 5.74) is 1.50. The molecule has 1 aliphatic rings. The normalized spacial score (nSPS) is 17.8. The molecule has 1 saturated heterocycles. The van der Waals surface area contributed by atoms with E-state index in [-0.39, 0.29) is 5.41 Å². The molecule has 1 aromatic rings. The van der Waals surface area contributed by atoms with Gasteiger partial charge in [0.25, 0.3) is 0 Å². The Labute approximate surface area is 154 Å². The third-order valence-electron chi connectivity index (χ3n) is 5.56. The topological polar surface area (TPSA) is 37.4 Å². The average molecular weight is 366 g/mol. The van der Waals surface area contributed by atoms with Crippen molar-refractivity contribution in [1.29, 1.82) is 0 Å².